The molecule has 332 valence electrons. The van der Waals surface area contributed by atoms with Gasteiger partial charge in [0.1, 0.15) is 17.1 Å². The third-order valence-corrected chi connectivity index (χ3v) is 11.4. The van der Waals surface area contributed by atoms with E-state index in [0.717, 1.165) is 18.2 Å². The van der Waals surface area contributed by atoms with E-state index in [2.05, 4.69) is 16.0 Å². The standard InChI is InChI=1S/C46H42F8N4O5/c1-7-45(5,8-2)41(60)22-13-11-14-23(19-22)43(62)56-27-21-26(17-18-28(27)59)55-42(61)24-15-12-16-25(20-24)44(63)57-39-35(51)31(47)29(32(48)36(39)52)30-33(49)37(53)40(38(54)34(30)50)58-46(6,9-3)10-4/h11-21,58-59H,7-10H2,1-6H3,(H,55,61)(H,56,62)(H,57,63). The summed E-state index contributed by atoms with van der Waals surface area (Å²) in [7, 11) is 0. The molecule has 63 heavy (non-hydrogen) atoms. The zero-order valence-corrected chi connectivity index (χ0v) is 34.8. The molecule has 0 aromatic heterocycles. The van der Waals surface area contributed by atoms with E-state index < -0.39 is 103 Å². The number of rotatable bonds is 15. The number of phenols is 1. The minimum atomic E-state index is -2.50. The molecular weight excluding hydrogens is 841 g/mol. The molecule has 0 heterocycles. The molecule has 3 amide bonds. The van der Waals surface area contributed by atoms with Crippen LogP contribution in [0.4, 0.5) is 57.9 Å². The highest BCUT2D eigenvalue weighted by molar-refractivity contribution is 6.10. The van der Waals surface area contributed by atoms with Crippen molar-refractivity contribution < 1.29 is 59.4 Å². The maximum Gasteiger partial charge on any atom is 0.255 e. The van der Waals surface area contributed by atoms with Gasteiger partial charge in [-0.3, -0.25) is 19.2 Å². The molecule has 17 heteroatoms. The first-order valence-corrected chi connectivity index (χ1v) is 19.7. The van der Waals surface area contributed by atoms with Crippen molar-refractivity contribution in [3.63, 3.8) is 0 Å². The second kappa shape index (κ2) is 18.7. The van der Waals surface area contributed by atoms with Crippen molar-refractivity contribution in [3.8, 4) is 16.9 Å². The summed E-state index contributed by atoms with van der Waals surface area (Å²) < 4.78 is 122. The fourth-order valence-corrected chi connectivity index (χ4v) is 6.47. The molecule has 0 aliphatic carbocycles. The Bertz CT molecular complexity index is 2590. The highest BCUT2D eigenvalue weighted by Crippen LogP contribution is 2.42. The summed E-state index contributed by atoms with van der Waals surface area (Å²) >= 11 is 0. The smallest absolute Gasteiger partial charge is 0.255 e. The van der Waals surface area contributed by atoms with Crippen LogP contribution in [0.25, 0.3) is 11.1 Å². The third kappa shape index (κ3) is 9.37. The first-order valence-electron chi connectivity index (χ1n) is 19.7. The Labute approximate surface area is 356 Å². The van der Waals surface area contributed by atoms with E-state index in [9.17, 15) is 24.3 Å². The Hall–Kier alpha value is -6.78. The van der Waals surface area contributed by atoms with Gasteiger partial charge < -0.3 is 26.4 Å². The Morgan fingerprint density at radius 2 is 0.921 bits per heavy atom. The average Bonchev–Trinajstić information content (AvgIpc) is 3.29. The fraction of sp³-hybridized carbons (Fsp3) is 0.261. The number of Topliss-reactive ketones (excluding diaryl/α,β-unsaturated/α-hetero) is 1. The van der Waals surface area contributed by atoms with Crippen molar-refractivity contribution in [2.45, 2.75) is 72.8 Å². The number of hydrogen-bond donors (Lipinski definition) is 5. The molecule has 0 aliphatic rings. The van der Waals surface area contributed by atoms with Gasteiger partial charge in [0.05, 0.1) is 16.8 Å². The number of amides is 3. The molecule has 0 aliphatic heterocycles. The lowest BCUT2D eigenvalue weighted by molar-refractivity contribution is 0.0802. The van der Waals surface area contributed by atoms with E-state index in [1.165, 1.54) is 43.3 Å². The van der Waals surface area contributed by atoms with Crippen molar-refractivity contribution in [1.82, 2.24) is 0 Å². The Morgan fingerprint density at radius 3 is 1.38 bits per heavy atom. The number of ketones is 1. The molecular formula is C46H42F8N4O5. The van der Waals surface area contributed by atoms with Crippen LogP contribution in [0.15, 0.2) is 66.7 Å². The van der Waals surface area contributed by atoms with Gasteiger partial charge in [-0.25, -0.2) is 35.1 Å². The van der Waals surface area contributed by atoms with Crippen LogP contribution in [0, 0.1) is 52.0 Å². The predicted octanol–water partition coefficient (Wildman–Crippen LogP) is 11.9. The van der Waals surface area contributed by atoms with E-state index in [0.29, 0.717) is 18.4 Å². The molecule has 0 saturated carbocycles. The monoisotopic (exact) mass is 882 g/mol. The first-order chi connectivity index (χ1) is 29.6. The first kappa shape index (κ1) is 47.3. The summed E-state index contributed by atoms with van der Waals surface area (Å²) in [5.41, 5.74) is -9.40. The van der Waals surface area contributed by atoms with Gasteiger partial charge in [-0.2, -0.15) is 0 Å². The lowest BCUT2D eigenvalue weighted by Crippen LogP contribution is -2.34. The van der Waals surface area contributed by atoms with Crippen LogP contribution in [0.2, 0.25) is 0 Å². The van der Waals surface area contributed by atoms with Crippen molar-refractivity contribution in [2.75, 3.05) is 21.3 Å². The van der Waals surface area contributed by atoms with E-state index >= 15 is 35.1 Å². The third-order valence-electron chi connectivity index (χ3n) is 11.4. The van der Waals surface area contributed by atoms with Gasteiger partial charge in [-0.1, -0.05) is 52.8 Å². The van der Waals surface area contributed by atoms with Crippen LogP contribution < -0.4 is 21.3 Å². The molecule has 5 aromatic carbocycles. The number of phenolic OH excluding ortho intramolecular Hbond substituents is 1. The number of carbonyl (C=O) groups excluding carboxylic acids is 4. The molecule has 9 nitrogen and oxygen atoms in total. The second-order valence-corrected chi connectivity index (χ2v) is 15.3. The van der Waals surface area contributed by atoms with Crippen molar-refractivity contribution >= 4 is 46.3 Å². The summed E-state index contributed by atoms with van der Waals surface area (Å²) in [5, 5.41) is 19.4. The molecule has 5 aromatic rings. The number of hydrogen-bond acceptors (Lipinski definition) is 6. The van der Waals surface area contributed by atoms with Crippen molar-refractivity contribution in [1.29, 1.82) is 0 Å². The quantitative estimate of drug-likeness (QED) is 0.0233. The zero-order valence-electron chi connectivity index (χ0n) is 34.8. The maximum atomic E-state index is 15.4. The highest BCUT2D eigenvalue weighted by Gasteiger charge is 2.36. The van der Waals surface area contributed by atoms with E-state index in [1.807, 2.05) is 20.8 Å². The molecule has 0 radical (unpaired) electrons. The van der Waals surface area contributed by atoms with Crippen molar-refractivity contribution in [2.24, 2.45) is 5.41 Å². The van der Waals surface area contributed by atoms with E-state index in [-0.39, 0.29) is 46.9 Å². The van der Waals surface area contributed by atoms with Crippen LogP contribution in [-0.2, 0) is 0 Å². The average molecular weight is 883 g/mol. The summed E-state index contributed by atoms with van der Waals surface area (Å²) in [5.74, 6) is -22.2. The van der Waals surface area contributed by atoms with Gasteiger partial charge in [0, 0.05) is 38.9 Å². The van der Waals surface area contributed by atoms with Gasteiger partial charge in [0.15, 0.2) is 52.3 Å². The Morgan fingerprint density at radius 1 is 0.508 bits per heavy atom. The van der Waals surface area contributed by atoms with E-state index in [1.54, 1.807) is 31.3 Å². The number of aromatic hydroxyl groups is 1. The zero-order chi connectivity index (χ0) is 46.7. The largest absolute Gasteiger partial charge is 0.506 e. The molecule has 0 saturated heterocycles. The summed E-state index contributed by atoms with van der Waals surface area (Å²) in [6.45, 7) is 10.3. The molecule has 0 fully saturated rings. The second-order valence-electron chi connectivity index (χ2n) is 15.3. The molecule has 0 bridgehead atoms. The fourth-order valence-electron chi connectivity index (χ4n) is 6.47. The summed E-state index contributed by atoms with van der Waals surface area (Å²) in [6, 6.07) is 14.0. The van der Waals surface area contributed by atoms with Gasteiger partial charge in [0.25, 0.3) is 17.7 Å². The lowest BCUT2D eigenvalue weighted by atomic mass is 9.77. The maximum absolute atomic E-state index is 15.4. The number of anilines is 4. The van der Waals surface area contributed by atoms with E-state index in [4.69, 9.17) is 0 Å². The lowest BCUT2D eigenvalue weighted by Gasteiger charge is -2.30. The predicted molar refractivity (Wildman–Crippen MR) is 222 cm³/mol. The Kier molecular flexibility index (Phi) is 14.0. The number of benzene rings is 5. The highest BCUT2D eigenvalue weighted by atomic mass is 19.2. The molecule has 5 N–H and O–H groups in total. The number of nitrogens with one attached hydrogen (secondary N) is 4. The minimum Gasteiger partial charge on any atom is -0.506 e. The van der Waals surface area contributed by atoms with Crippen LogP contribution in [-0.4, -0.2) is 34.2 Å². The summed E-state index contributed by atoms with van der Waals surface area (Å²) in [4.78, 5) is 52.8. The number of carbonyl (C=O) groups is 4. The Balaban J connectivity index is 1.36. The molecule has 0 atom stereocenters. The van der Waals surface area contributed by atoms with Crippen molar-refractivity contribution in [3.05, 3.63) is 136 Å². The minimum absolute atomic E-state index is 0.0302. The van der Waals surface area contributed by atoms with Gasteiger partial charge >= 0.3 is 0 Å². The topological polar surface area (TPSA) is 137 Å². The number of halogens is 8. The molecule has 5 rings (SSSR count). The summed E-state index contributed by atoms with van der Waals surface area (Å²) in [6.07, 6.45) is 1.61. The van der Waals surface area contributed by atoms with Gasteiger partial charge in [-0.15, -0.1) is 0 Å². The van der Waals surface area contributed by atoms with Gasteiger partial charge in [0.2, 0.25) is 0 Å². The van der Waals surface area contributed by atoms with Crippen LogP contribution in [0.3, 0.4) is 0 Å². The van der Waals surface area contributed by atoms with Gasteiger partial charge in [-0.05, 0) is 81.1 Å². The van der Waals surface area contributed by atoms with Crippen LogP contribution >= 0.6 is 0 Å². The van der Waals surface area contributed by atoms with Crippen LogP contribution in [0.5, 0.6) is 5.75 Å². The molecule has 0 spiro atoms. The molecule has 0 unspecified atom stereocenters. The normalized spacial score (nSPS) is 11.6. The van der Waals surface area contributed by atoms with Crippen LogP contribution in [0.1, 0.15) is 109 Å². The SMILES string of the molecule is CCC(C)(CC)Nc1c(F)c(F)c(-c2c(F)c(F)c(NC(=O)c3cccc(C(=O)Nc4ccc(O)c(NC(=O)c5cccc(C(=O)C(C)(CC)CC)c5)c4)c3)c(F)c2F)c(F)c1F.